The van der Waals surface area contributed by atoms with Gasteiger partial charge in [-0.3, -0.25) is 24.4 Å². The minimum absolute atomic E-state index is 0.0448. The molecule has 8 heteroatoms. The highest BCUT2D eigenvalue weighted by molar-refractivity contribution is 9.10. The lowest BCUT2D eigenvalue weighted by Gasteiger charge is -2.55. The maximum absolute atomic E-state index is 14.8. The average molecular weight is 624 g/mol. The molecule has 3 aliphatic carbocycles. The van der Waals surface area contributed by atoms with Crippen molar-refractivity contribution in [2.45, 2.75) is 24.2 Å². The number of aromatic hydroxyl groups is 1. The molecule has 0 unspecified atom stereocenters. The van der Waals surface area contributed by atoms with Gasteiger partial charge in [-0.1, -0.05) is 88.2 Å². The molecule has 0 spiro atoms. The number of phenolic OH excluding ortho intramolecular Hbond substituents is 1. The van der Waals surface area contributed by atoms with Crippen LogP contribution >= 0.6 is 15.9 Å². The number of fused-ring (bicyclic) bond motifs is 4. The van der Waals surface area contributed by atoms with Crippen molar-refractivity contribution in [1.29, 1.82) is 0 Å². The lowest BCUT2D eigenvalue weighted by Crippen LogP contribution is -2.58. The summed E-state index contributed by atoms with van der Waals surface area (Å²) in [5, 5.41) is 21.8. The first-order valence-corrected chi connectivity index (χ1v) is 14.7. The summed E-state index contributed by atoms with van der Waals surface area (Å²) in [6.07, 6.45) is 3.66. The first kappa shape index (κ1) is 26.7. The van der Waals surface area contributed by atoms with E-state index in [0.717, 1.165) is 5.57 Å². The van der Waals surface area contributed by atoms with E-state index < -0.39 is 46.8 Å². The summed E-state index contributed by atoms with van der Waals surface area (Å²) in [5.41, 5.74) is 1.30. The quantitative estimate of drug-likeness (QED) is 0.230. The number of allylic oxidation sites excluding steroid dienone is 4. The summed E-state index contributed by atoms with van der Waals surface area (Å²) in [6, 6.07) is 23.2. The Kier molecular flexibility index (Phi) is 6.18. The molecule has 2 fully saturated rings. The highest BCUT2D eigenvalue weighted by Crippen LogP contribution is 2.64. The first-order valence-electron chi connectivity index (χ1n) is 13.9. The zero-order chi connectivity index (χ0) is 29.3. The van der Waals surface area contributed by atoms with E-state index in [9.17, 15) is 29.5 Å². The van der Waals surface area contributed by atoms with E-state index in [0.29, 0.717) is 26.7 Å². The van der Waals surface area contributed by atoms with Crippen LogP contribution in [0.25, 0.3) is 5.57 Å². The van der Waals surface area contributed by atoms with Crippen molar-refractivity contribution >= 4 is 44.9 Å². The molecule has 1 aliphatic heterocycles. The Balaban J connectivity index is 1.54. The van der Waals surface area contributed by atoms with Crippen molar-refractivity contribution in [3.63, 3.8) is 0 Å². The maximum Gasteiger partial charge on any atom is 0.257 e. The number of carbonyl (C=O) groups is 4. The molecule has 2 amide bonds. The van der Waals surface area contributed by atoms with E-state index in [4.69, 9.17) is 0 Å². The fourth-order valence-electron chi connectivity index (χ4n) is 7.96. The van der Waals surface area contributed by atoms with Crippen molar-refractivity contribution in [3.05, 3.63) is 118 Å². The zero-order valence-corrected chi connectivity index (χ0v) is 23.9. The minimum atomic E-state index is -1.42. The van der Waals surface area contributed by atoms with Crippen LogP contribution in [-0.4, -0.2) is 38.8 Å². The third kappa shape index (κ3) is 3.61. The van der Waals surface area contributed by atoms with E-state index in [1.54, 1.807) is 42.5 Å². The number of carbonyl (C=O) groups excluding carboxylic acids is 4. The molecule has 7 nitrogen and oxygen atoms in total. The van der Waals surface area contributed by atoms with Gasteiger partial charge in [0.15, 0.2) is 11.6 Å². The zero-order valence-electron chi connectivity index (χ0n) is 22.3. The lowest BCUT2D eigenvalue weighted by atomic mass is 9.44. The summed E-state index contributed by atoms with van der Waals surface area (Å²) < 4.78 is 0.676. The van der Waals surface area contributed by atoms with Gasteiger partial charge in [0.2, 0.25) is 0 Å². The molecule has 2 N–H and O–H groups in total. The number of rotatable bonds is 3. The predicted molar refractivity (Wildman–Crippen MR) is 156 cm³/mol. The summed E-state index contributed by atoms with van der Waals surface area (Å²) >= 11 is 3.52. The van der Waals surface area contributed by atoms with E-state index in [-0.39, 0.29) is 35.2 Å². The number of benzene rings is 3. The van der Waals surface area contributed by atoms with Crippen LogP contribution in [0.4, 0.5) is 0 Å². The third-order valence-corrected chi connectivity index (χ3v) is 10.1. The molecule has 4 aliphatic rings. The monoisotopic (exact) mass is 623 g/mol. The lowest BCUT2D eigenvalue weighted by molar-refractivity contribution is -0.173. The van der Waals surface area contributed by atoms with Gasteiger partial charge in [0, 0.05) is 27.4 Å². The summed E-state index contributed by atoms with van der Waals surface area (Å²) in [5.74, 6) is -5.85. The predicted octanol–water partition coefficient (Wildman–Crippen LogP) is 5.37. The van der Waals surface area contributed by atoms with Crippen LogP contribution in [0.15, 0.2) is 101 Å². The van der Waals surface area contributed by atoms with E-state index in [1.807, 2.05) is 42.5 Å². The Morgan fingerprint density at radius 2 is 1.55 bits per heavy atom. The highest BCUT2D eigenvalue weighted by Gasteiger charge is 2.66. The number of imide groups is 1. The fourth-order valence-corrected chi connectivity index (χ4v) is 8.34. The van der Waals surface area contributed by atoms with Crippen molar-refractivity contribution in [2.24, 2.45) is 23.7 Å². The van der Waals surface area contributed by atoms with Gasteiger partial charge < -0.3 is 5.11 Å². The van der Waals surface area contributed by atoms with E-state index >= 15 is 0 Å². The summed E-state index contributed by atoms with van der Waals surface area (Å²) in [7, 11) is 0. The Morgan fingerprint density at radius 1 is 0.857 bits per heavy atom. The van der Waals surface area contributed by atoms with Gasteiger partial charge in [-0.15, -0.1) is 0 Å². The number of phenols is 1. The minimum Gasteiger partial charge on any atom is -0.508 e. The second-order valence-electron chi connectivity index (χ2n) is 11.5. The Labute approximate surface area is 250 Å². The number of halogens is 1. The number of Topliss-reactive ketones (excluding diaryl/α,β-unsaturated/α-hetero) is 1. The number of nitrogens with zero attached hydrogens (tertiary/aromatic N) is 1. The SMILES string of the molecule is O=C1C(c2ccccc2)=CC(=O)[C@@]2(c3ccccc3)[C@@H](c3cc(Br)ccc3O)C3=CC[C@@H]4C(=O)N(O)C(=O)[C@@H]4[C@@H]3C[C@@H]12. The van der Waals surface area contributed by atoms with Crippen LogP contribution in [0.1, 0.15) is 35.4 Å². The van der Waals surface area contributed by atoms with Crippen LogP contribution in [0.5, 0.6) is 5.75 Å². The van der Waals surface area contributed by atoms with Gasteiger partial charge in [-0.05, 0) is 54.2 Å². The van der Waals surface area contributed by atoms with Gasteiger partial charge in [-0.2, -0.15) is 5.06 Å². The Bertz CT molecular complexity index is 1730. The molecule has 0 aromatic heterocycles. The molecule has 3 aromatic rings. The second kappa shape index (κ2) is 9.71. The molecular formula is C34H26BrNO6. The third-order valence-electron chi connectivity index (χ3n) is 9.65. The molecule has 0 radical (unpaired) electrons. The highest BCUT2D eigenvalue weighted by atomic mass is 79.9. The molecule has 0 bridgehead atoms. The van der Waals surface area contributed by atoms with Gasteiger partial charge in [0.05, 0.1) is 17.3 Å². The van der Waals surface area contributed by atoms with Crippen LogP contribution in [-0.2, 0) is 24.6 Å². The molecule has 42 heavy (non-hydrogen) atoms. The van der Waals surface area contributed by atoms with Crippen molar-refractivity contribution in [3.8, 4) is 5.75 Å². The standard InChI is InChI=1S/C34H26BrNO6/c35-20-11-14-27(37)25(15-20)30-21-12-13-22-29(33(41)36(42)32(22)40)24(21)16-26-31(39)23(18-7-3-1-4-8-18)17-28(38)34(26,30)19-9-5-2-6-10-19/h1-12,14-15,17,22,24,26,29-30,37,42H,13,16H2/t22-,24+,26-,29-,30+,34-/m0/s1. The Morgan fingerprint density at radius 3 is 2.26 bits per heavy atom. The fraction of sp³-hybridized carbons (Fsp3) is 0.235. The van der Waals surface area contributed by atoms with Crippen LogP contribution < -0.4 is 0 Å². The molecule has 210 valence electrons. The largest absolute Gasteiger partial charge is 0.508 e. The van der Waals surface area contributed by atoms with Crippen LogP contribution in [0.3, 0.4) is 0 Å². The van der Waals surface area contributed by atoms with Gasteiger partial charge in [-0.25, -0.2) is 0 Å². The maximum atomic E-state index is 14.8. The molecule has 1 saturated carbocycles. The summed E-state index contributed by atoms with van der Waals surface area (Å²) in [4.78, 5) is 55.6. The topological polar surface area (TPSA) is 112 Å². The first-order chi connectivity index (χ1) is 20.2. The number of hydrogen-bond donors (Lipinski definition) is 2. The average Bonchev–Trinajstić information content (AvgIpc) is 3.23. The van der Waals surface area contributed by atoms with Gasteiger partial charge in [0.25, 0.3) is 11.8 Å². The molecular weight excluding hydrogens is 598 g/mol. The van der Waals surface area contributed by atoms with E-state index in [1.165, 1.54) is 6.08 Å². The van der Waals surface area contributed by atoms with Gasteiger partial charge >= 0.3 is 0 Å². The normalized spacial score (nSPS) is 30.3. The number of amides is 2. The van der Waals surface area contributed by atoms with Crippen molar-refractivity contribution in [1.82, 2.24) is 5.06 Å². The molecule has 1 saturated heterocycles. The van der Waals surface area contributed by atoms with Gasteiger partial charge in [0.1, 0.15) is 5.75 Å². The smallest absolute Gasteiger partial charge is 0.257 e. The van der Waals surface area contributed by atoms with Crippen molar-refractivity contribution in [2.75, 3.05) is 0 Å². The second-order valence-corrected chi connectivity index (χ2v) is 12.4. The summed E-state index contributed by atoms with van der Waals surface area (Å²) in [6.45, 7) is 0. The van der Waals surface area contributed by atoms with E-state index in [2.05, 4.69) is 15.9 Å². The van der Waals surface area contributed by atoms with Crippen LogP contribution in [0.2, 0.25) is 0 Å². The number of ketones is 2. The molecule has 6 atom stereocenters. The molecule has 3 aromatic carbocycles. The van der Waals surface area contributed by atoms with Crippen molar-refractivity contribution < 1.29 is 29.5 Å². The number of hydroxylamine groups is 2. The number of hydrogen-bond acceptors (Lipinski definition) is 6. The molecule has 1 heterocycles. The van der Waals surface area contributed by atoms with Crippen LogP contribution in [0, 0.1) is 23.7 Å². The Hall–Kier alpha value is -4.14. The molecule has 7 rings (SSSR count).